The van der Waals surface area contributed by atoms with Crippen molar-refractivity contribution in [3.05, 3.63) is 57.3 Å². The fraction of sp³-hybridized carbons (Fsp3) is 0.0769. The van der Waals surface area contributed by atoms with E-state index in [1.807, 2.05) is 18.2 Å². The second kappa shape index (κ2) is 5.59. The summed E-state index contributed by atoms with van der Waals surface area (Å²) in [6, 6.07) is 9.87. The second-order valence-electron chi connectivity index (χ2n) is 3.69. The van der Waals surface area contributed by atoms with Crippen LogP contribution in [0.25, 0.3) is 0 Å². The van der Waals surface area contributed by atoms with Gasteiger partial charge in [0.2, 0.25) is 0 Å². The van der Waals surface area contributed by atoms with Crippen LogP contribution in [0, 0.1) is 5.82 Å². The maximum absolute atomic E-state index is 13.0. The van der Waals surface area contributed by atoms with E-state index in [9.17, 15) is 4.39 Å². The van der Waals surface area contributed by atoms with Gasteiger partial charge in [-0.2, -0.15) is 0 Å². The molecule has 0 atom stereocenters. The van der Waals surface area contributed by atoms with E-state index in [4.69, 9.17) is 22.1 Å². The van der Waals surface area contributed by atoms with E-state index in [-0.39, 0.29) is 12.3 Å². The van der Waals surface area contributed by atoms with Gasteiger partial charge in [-0.05, 0) is 28.1 Å². The summed E-state index contributed by atoms with van der Waals surface area (Å²) in [4.78, 5) is 0. The summed E-state index contributed by atoms with van der Waals surface area (Å²) in [6.07, 6.45) is 0. The molecular weight excluding hydrogens is 321 g/mol. The SMILES string of the molecule is Nc1cc(F)cc(Br)c1OCc1ccccc1Cl. The highest BCUT2D eigenvalue weighted by atomic mass is 79.9. The Morgan fingerprint density at radius 3 is 2.67 bits per heavy atom. The Hall–Kier alpha value is -1.26. The summed E-state index contributed by atoms with van der Waals surface area (Å²) in [5.41, 5.74) is 6.78. The summed E-state index contributed by atoms with van der Waals surface area (Å²) in [6.45, 7) is 0.272. The van der Waals surface area contributed by atoms with Gasteiger partial charge in [-0.3, -0.25) is 0 Å². The van der Waals surface area contributed by atoms with Crippen molar-refractivity contribution in [2.45, 2.75) is 6.61 Å². The molecule has 94 valence electrons. The van der Waals surface area contributed by atoms with Gasteiger partial charge in [0, 0.05) is 16.7 Å². The van der Waals surface area contributed by atoms with Crippen molar-refractivity contribution < 1.29 is 9.13 Å². The van der Waals surface area contributed by atoms with Crippen LogP contribution in [0.2, 0.25) is 5.02 Å². The van der Waals surface area contributed by atoms with Crippen LogP contribution >= 0.6 is 27.5 Å². The van der Waals surface area contributed by atoms with Crippen LogP contribution in [-0.2, 0) is 6.61 Å². The largest absolute Gasteiger partial charge is 0.485 e. The van der Waals surface area contributed by atoms with Gasteiger partial charge >= 0.3 is 0 Å². The maximum Gasteiger partial charge on any atom is 0.157 e. The van der Waals surface area contributed by atoms with Gasteiger partial charge in [0.1, 0.15) is 12.4 Å². The lowest BCUT2D eigenvalue weighted by Crippen LogP contribution is -2.00. The van der Waals surface area contributed by atoms with Gasteiger partial charge < -0.3 is 10.5 Å². The molecule has 2 aromatic rings. The number of nitrogen functional groups attached to an aromatic ring is 1. The zero-order valence-electron chi connectivity index (χ0n) is 9.29. The van der Waals surface area contributed by atoms with Crippen LogP contribution in [0.5, 0.6) is 5.75 Å². The lowest BCUT2D eigenvalue weighted by atomic mass is 10.2. The minimum Gasteiger partial charge on any atom is -0.485 e. The zero-order valence-corrected chi connectivity index (χ0v) is 11.6. The summed E-state index contributed by atoms with van der Waals surface area (Å²) in [5.74, 6) is 0.000730. The van der Waals surface area contributed by atoms with Crippen LogP contribution in [0.15, 0.2) is 40.9 Å². The minimum absolute atomic E-state index is 0.244. The smallest absolute Gasteiger partial charge is 0.157 e. The van der Waals surface area contributed by atoms with E-state index >= 15 is 0 Å². The number of ether oxygens (including phenoxy) is 1. The highest BCUT2D eigenvalue weighted by Crippen LogP contribution is 2.33. The molecule has 0 aliphatic carbocycles. The Morgan fingerprint density at radius 1 is 1.28 bits per heavy atom. The van der Waals surface area contributed by atoms with Crippen molar-refractivity contribution in [2.75, 3.05) is 5.73 Å². The van der Waals surface area contributed by atoms with E-state index in [1.54, 1.807) is 6.07 Å². The summed E-state index contributed by atoms with van der Waals surface area (Å²) >= 11 is 9.22. The minimum atomic E-state index is -0.413. The summed E-state index contributed by atoms with van der Waals surface area (Å²) in [5, 5.41) is 0.620. The Morgan fingerprint density at radius 2 is 2.00 bits per heavy atom. The highest BCUT2D eigenvalue weighted by Gasteiger charge is 2.09. The van der Waals surface area contributed by atoms with E-state index in [0.717, 1.165) is 5.56 Å². The molecule has 2 rings (SSSR count). The molecule has 0 fully saturated rings. The highest BCUT2D eigenvalue weighted by molar-refractivity contribution is 9.10. The first-order valence-electron chi connectivity index (χ1n) is 5.18. The van der Waals surface area contributed by atoms with E-state index < -0.39 is 5.82 Å². The molecule has 2 N–H and O–H groups in total. The number of benzene rings is 2. The average Bonchev–Trinajstić information content (AvgIpc) is 2.30. The number of hydrogen-bond donors (Lipinski definition) is 1. The number of rotatable bonds is 3. The monoisotopic (exact) mass is 329 g/mol. The molecule has 0 aliphatic heterocycles. The molecule has 0 spiro atoms. The molecule has 0 unspecified atom stereocenters. The van der Waals surface area contributed by atoms with Gasteiger partial charge in [-0.15, -0.1) is 0 Å². The van der Waals surface area contributed by atoms with Crippen molar-refractivity contribution in [2.24, 2.45) is 0 Å². The lowest BCUT2D eigenvalue weighted by Gasteiger charge is -2.11. The molecule has 0 aromatic heterocycles. The van der Waals surface area contributed by atoms with Crippen LogP contribution in [0.3, 0.4) is 0 Å². The normalized spacial score (nSPS) is 10.4. The molecule has 2 aromatic carbocycles. The Balaban J connectivity index is 2.19. The molecule has 0 radical (unpaired) electrons. The van der Waals surface area contributed by atoms with E-state index in [0.29, 0.717) is 15.2 Å². The van der Waals surface area contributed by atoms with Gasteiger partial charge in [-0.25, -0.2) is 4.39 Å². The number of halogens is 3. The first kappa shape index (κ1) is 13.2. The first-order chi connectivity index (χ1) is 8.58. The van der Waals surface area contributed by atoms with Crippen molar-refractivity contribution in [3.8, 4) is 5.75 Å². The maximum atomic E-state index is 13.0. The van der Waals surface area contributed by atoms with Crippen molar-refractivity contribution in [3.63, 3.8) is 0 Å². The molecule has 18 heavy (non-hydrogen) atoms. The fourth-order valence-electron chi connectivity index (χ4n) is 1.50. The number of hydrogen-bond acceptors (Lipinski definition) is 2. The second-order valence-corrected chi connectivity index (χ2v) is 4.95. The van der Waals surface area contributed by atoms with E-state index in [2.05, 4.69) is 15.9 Å². The Labute approximate surface area is 118 Å². The molecule has 5 heteroatoms. The predicted molar refractivity (Wildman–Crippen MR) is 74.3 cm³/mol. The molecule has 0 saturated carbocycles. The van der Waals surface area contributed by atoms with E-state index in [1.165, 1.54) is 12.1 Å². The first-order valence-corrected chi connectivity index (χ1v) is 6.35. The number of nitrogens with two attached hydrogens (primary N) is 1. The van der Waals surface area contributed by atoms with Crippen molar-refractivity contribution in [1.82, 2.24) is 0 Å². The molecule has 0 amide bonds. The molecule has 2 nitrogen and oxygen atoms in total. The molecule has 0 bridgehead atoms. The summed E-state index contributed by atoms with van der Waals surface area (Å²) in [7, 11) is 0. The molecular formula is C13H10BrClFNO. The van der Waals surface area contributed by atoms with Gasteiger partial charge in [0.05, 0.1) is 10.2 Å². The third-order valence-electron chi connectivity index (χ3n) is 2.37. The van der Waals surface area contributed by atoms with Gasteiger partial charge in [0.15, 0.2) is 5.75 Å². The third kappa shape index (κ3) is 2.94. The van der Waals surface area contributed by atoms with Crippen LogP contribution in [0.1, 0.15) is 5.56 Å². The standard InChI is InChI=1S/C13H10BrClFNO/c14-10-5-9(16)6-12(17)13(10)18-7-8-3-1-2-4-11(8)15/h1-6H,7,17H2. The van der Waals surface area contributed by atoms with Crippen LogP contribution < -0.4 is 10.5 Å². The van der Waals surface area contributed by atoms with Crippen LogP contribution in [-0.4, -0.2) is 0 Å². The van der Waals surface area contributed by atoms with Gasteiger partial charge in [-0.1, -0.05) is 29.8 Å². The lowest BCUT2D eigenvalue weighted by molar-refractivity contribution is 0.305. The van der Waals surface area contributed by atoms with Crippen molar-refractivity contribution >= 4 is 33.2 Å². The van der Waals surface area contributed by atoms with Crippen molar-refractivity contribution in [1.29, 1.82) is 0 Å². The average molecular weight is 331 g/mol. The third-order valence-corrected chi connectivity index (χ3v) is 3.32. The quantitative estimate of drug-likeness (QED) is 0.846. The Bertz CT molecular complexity index is 554. The Kier molecular flexibility index (Phi) is 4.09. The molecule has 0 heterocycles. The van der Waals surface area contributed by atoms with Crippen LogP contribution in [0.4, 0.5) is 10.1 Å². The zero-order chi connectivity index (χ0) is 13.1. The fourth-order valence-corrected chi connectivity index (χ4v) is 2.25. The number of anilines is 1. The van der Waals surface area contributed by atoms with Gasteiger partial charge in [0.25, 0.3) is 0 Å². The molecule has 0 aliphatic rings. The predicted octanol–water partition coefficient (Wildman–Crippen LogP) is 4.40. The summed E-state index contributed by atoms with van der Waals surface area (Å²) < 4.78 is 19.1. The topological polar surface area (TPSA) is 35.2 Å². The molecule has 0 saturated heterocycles.